The Morgan fingerprint density at radius 1 is 1.00 bits per heavy atom. The van der Waals surface area contributed by atoms with Crippen LogP contribution in [0.4, 0.5) is 0 Å². The minimum absolute atomic E-state index is 1.16. The zero-order valence-corrected chi connectivity index (χ0v) is 13.1. The number of para-hydroxylation sites is 1. The van der Waals surface area contributed by atoms with Crippen molar-refractivity contribution in [3.63, 3.8) is 0 Å². The van der Waals surface area contributed by atoms with Crippen molar-refractivity contribution in [1.29, 1.82) is 0 Å². The molecule has 0 saturated carbocycles. The van der Waals surface area contributed by atoms with Crippen LogP contribution in [0, 0.1) is 6.92 Å². The van der Waals surface area contributed by atoms with Crippen molar-refractivity contribution in [2.75, 3.05) is 0 Å². The molecule has 2 nitrogen and oxygen atoms in total. The van der Waals surface area contributed by atoms with E-state index in [0.29, 0.717) is 0 Å². The molecule has 4 aromatic rings. The summed E-state index contributed by atoms with van der Waals surface area (Å²) in [5.74, 6) is 0. The summed E-state index contributed by atoms with van der Waals surface area (Å²) < 4.78 is 4.83. The third-order valence-electron chi connectivity index (χ3n) is 5.18. The van der Waals surface area contributed by atoms with Gasteiger partial charge in [0.25, 0.3) is 5.65 Å². The highest BCUT2D eigenvalue weighted by Crippen LogP contribution is 2.34. The normalized spacial score (nSPS) is 14.3. The molecule has 2 aromatic carbocycles. The van der Waals surface area contributed by atoms with E-state index in [0.717, 1.165) is 6.42 Å². The molecule has 3 heterocycles. The van der Waals surface area contributed by atoms with E-state index in [9.17, 15) is 0 Å². The van der Waals surface area contributed by atoms with Gasteiger partial charge in [-0.25, -0.2) is 4.57 Å². The number of hydrogen-bond acceptors (Lipinski definition) is 0. The first kappa shape index (κ1) is 12.2. The van der Waals surface area contributed by atoms with Gasteiger partial charge in [0.05, 0.1) is 12.4 Å². The topological polar surface area (TPSA) is 8.29 Å². The zero-order chi connectivity index (χ0) is 14.8. The molecule has 0 saturated heterocycles. The lowest BCUT2D eigenvalue weighted by Crippen LogP contribution is -2.26. The number of fused-ring (bicyclic) bond motifs is 3. The Labute approximate surface area is 129 Å². The largest absolute Gasteiger partial charge is 0.295 e. The summed E-state index contributed by atoms with van der Waals surface area (Å²) in [7, 11) is 2.18. The smallest absolute Gasteiger partial charge is 0.232 e. The van der Waals surface area contributed by atoms with Crippen molar-refractivity contribution >= 4 is 27.3 Å². The Bertz CT molecular complexity index is 1070. The summed E-state index contributed by atoms with van der Waals surface area (Å²) in [4.78, 5) is 0. The van der Waals surface area contributed by atoms with Crippen molar-refractivity contribution < 1.29 is 4.57 Å². The molecule has 2 aromatic heterocycles. The molecule has 0 aliphatic carbocycles. The minimum Gasteiger partial charge on any atom is -0.232 e. The molecular formula is C20H19N2+. The van der Waals surface area contributed by atoms with E-state index >= 15 is 0 Å². The molecule has 5 rings (SSSR count). The summed E-state index contributed by atoms with van der Waals surface area (Å²) in [6.45, 7) is 2.23. The van der Waals surface area contributed by atoms with Crippen LogP contribution in [0.5, 0.6) is 0 Å². The van der Waals surface area contributed by atoms with E-state index in [1.54, 1.807) is 0 Å². The Morgan fingerprint density at radius 3 is 2.73 bits per heavy atom. The number of imidazole rings is 1. The molecule has 0 unspecified atom stereocenters. The fraction of sp³-hybridized carbons (Fsp3) is 0.250. The molecule has 0 amide bonds. The first-order valence-corrected chi connectivity index (χ1v) is 8.08. The van der Waals surface area contributed by atoms with E-state index in [2.05, 4.69) is 65.5 Å². The van der Waals surface area contributed by atoms with Crippen LogP contribution < -0.4 is 4.57 Å². The van der Waals surface area contributed by atoms with Gasteiger partial charge >= 0.3 is 0 Å². The summed E-state index contributed by atoms with van der Waals surface area (Å²) >= 11 is 0. The molecule has 0 N–H and O–H groups in total. The van der Waals surface area contributed by atoms with E-state index in [1.165, 1.54) is 57.0 Å². The number of benzene rings is 2. The lowest BCUT2D eigenvalue weighted by molar-refractivity contribution is -0.643. The molecular weight excluding hydrogens is 268 g/mol. The molecule has 0 atom stereocenters. The van der Waals surface area contributed by atoms with Crippen LogP contribution in [0.1, 0.15) is 23.2 Å². The third-order valence-corrected chi connectivity index (χ3v) is 5.18. The Morgan fingerprint density at radius 2 is 1.82 bits per heavy atom. The molecule has 0 spiro atoms. The molecule has 22 heavy (non-hydrogen) atoms. The number of aryl methyl sites for hydroxylation is 4. The number of nitrogens with zero attached hydrogens (tertiary/aromatic N) is 2. The van der Waals surface area contributed by atoms with Crippen LogP contribution in [0.2, 0.25) is 0 Å². The van der Waals surface area contributed by atoms with Gasteiger partial charge in [0.1, 0.15) is 17.4 Å². The van der Waals surface area contributed by atoms with Gasteiger partial charge in [-0.05, 0) is 25.3 Å². The molecule has 0 fully saturated rings. The maximum atomic E-state index is 2.52. The van der Waals surface area contributed by atoms with Crippen LogP contribution in [0.25, 0.3) is 27.3 Å². The predicted octanol–water partition coefficient (Wildman–Crippen LogP) is 3.87. The van der Waals surface area contributed by atoms with Crippen molar-refractivity contribution in [3.05, 3.63) is 59.4 Å². The van der Waals surface area contributed by atoms with E-state index in [4.69, 9.17) is 0 Å². The minimum atomic E-state index is 1.16. The molecule has 2 heteroatoms. The van der Waals surface area contributed by atoms with Crippen LogP contribution in [0.15, 0.2) is 42.6 Å². The van der Waals surface area contributed by atoms with E-state index in [-0.39, 0.29) is 0 Å². The molecule has 0 bridgehead atoms. The second kappa shape index (κ2) is 4.10. The second-order valence-corrected chi connectivity index (χ2v) is 6.55. The predicted molar refractivity (Wildman–Crippen MR) is 90.3 cm³/mol. The number of aromatic nitrogens is 2. The highest BCUT2D eigenvalue weighted by atomic mass is 15.1. The molecule has 0 radical (unpaired) electrons. The lowest BCUT2D eigenvalue weighted by Gasteiger charge is -2.09. The highest BCUT2D eigenvalue weighted by molar-refractivity contribution is 6.13. The van der Waals surface area contributed by atoms with Gasteiger partial charge < -0.3 is 0 Å². The number of pyridine rings is 1. The van der Waals surface area contributed by atoms with Crippen LogP contribution in [-0.2, 0) is 19.9 Å². The van der Waals surface area contributed by atoms with Crippen molar-refractivity contribution in [2.24, 2.45) is 7.05 Å². The number of hydrogen-bond donors (Lipinski definition) is 0. The van der Waals surface area contributed by atoms with Crippen molar-refractivity contribution in [3.8, 4) is 0 Å². The summed E-state index contributed by atoms with van der Waals surface area (Å²) in [5, 5.41) is 4.16. The van der Waals surface area contributed by atoms with E-state index < -0.39 is 0 Å². The van der Waals surface area contributed by atoms with Gasteiger partial charge in [0, 0.05) is 22.8 Å². The van der Waals surface area contributed by atoms with Crippen LogP contribution >= 0.6 is 0 Å². The summed E-state index contributed by atoms with van der Waals surface area (Å²) in [6, 6.07) is 13.5. The van der Waals surface area contributed by atoms with Crippen LogP contribution in [0.3, 0.4) is 0 Å². The maximum Gasteiger partial charge on any atom is 0.295 e. The van der Waals surface area contributed by atoms with Crippen LogP contribution in [-0.4, -0.2) is 4.40 Å². The van der Waals surface area contributed by atoms with Gasteiger partial charge in [0.2, 0.25) is 0 Å². The monoisotopic (exact) mass is 287 g/mol. The van der Waals surface area contributed by atoms with Crippen molar-refractivity contribution in [1.82, 2.24) is 4.40 Å². The van der Waals surface area contributed by atoms with Gasteiger partial charge in [-0.3, -0.25) is 0 Å². The maximum absolute atomic E-state index is 2.52. The standard InChI is InChI=1S/C20H19N2/c1-13-6-3-10-16-17-11-5-8-14-7-4-9-15-12-21(2)20(18(13)16)22(15)19(14)17/h3,5-6,8,10-12H,4,7,9H2,1-2H3/q+1. The average molecular weight is 287 g/mol. The fourth-order valence-corrected chi connectivity index (χ4v) is 4.27. The summed E-state index contributed by atoms with van der Waals surface area (Å²) in [5.41, 5.74) is 7.04. The van der Waals surface area contributed by atoms with Gasteiger partial charge in [-0.2, -0.15) is 4.40 Å². The average Bonchev–Trinajstić information content (AvgIpc) is 2.73. The third kappa shape index (κ3) is 1.38. The summed E-state index contributed by atoms with van der Waals surface area (Å²) in [6.07, 6.45) is 5.89. The Kier molecular flexibility index (Phi) is 2.28. The number of rotatable bonds is 0. The fourth-order valence-electron chi connectivity index (χ4n) is 4.27. The highest BCUT2D eigenvalue weighted by Gasteiger charge is 2.26. The Balaban J connectivity index is 2.25. The first-order chi connectivity index (χ1) is 10.8. The lowest BCUT2D eigenvalue weighted by atomic mass is 9.99. The van der Waals surface area contributed by atoms with E-state index in [1.807, 2.05) is 0 Å². The molecule has 1 aliphatic rings. The first-order valence-electron chi connectivity index (χ1n) is 8.08. The quantitative estimate of drug-likeness (QED) is 0.343. The van der Waals surface area contributed by atoms with Gasteiger partial charge in [-0.15, -0.1) is 0 Å². The molecule has 1 aliphatic heterocycles. The second-order valence-electron chi connectivity index (χ2n) is 6.55. The van der Waals surface area contributed by atoms with Gasteiger partial charge in [-0.1, -0.05) is 36.4 Å². The Hall–Kier alpha value is -2.35. The SMILES string of the molecule is Cc1cccc2c3cccc4c3n3c(c[n+](C)c3c12)CCC4. The molecule has 108 valence electrons. The zero-order valence-electron chi connectivity index (χ0n) is 13.1. The van der Waals surface area contributed by atoms with Crippen molar-refractivity contribution in [2.45, 2.75) is 26.2 Å². The van der Waals surface area contributed by atoms with Gasteiger partial charge in [0.15, 0.2) is 0 Å².